The van der Waals surface area contributed by atoms with Gasteiger partial charge in [0.05, 0.1) is 19.2 Å². The fraction of sp³-hybridized carbons (Fsp3) is 0.333. The van der Waals surface area contributed by atoms with Gasteiger partial charge in [0.25, 0.3) is 0 Å². The van der Waals surface area contributed by atoms with Gasteiger partial charge in [-0.05, 0) is 6.07 Å². The van der Waals surface area contributed by atoms with E-state index in [1.54, 1.807) is 13.2 Å². The minimum absolute atomic E-state index is 0.486. The first-order chi connectivity index (χ1) is 5.86. The SMILES string of the molecule is [C-]#[N+]CCc1cccc(OC)n1. The van der Waals surface area contributed by atoms with E-state index in [-0.39, 0.29) is 0 Å². The average molecular weight is 162 g/mol. The van der Waals surface area contributed by atoms with Crippen molar-refractivity contribution < 1.29 is 4.74 Å². The number of aromatic nitrogens is 1. The van der Waals surface area contributed by atoms with Gasteiger partial charge in [0, 0.05) is 6.07 Å². The summed E-state index contributed by atoms with van der Waals surface area (Å²) in [6.45, 7) is 7.10. The molecule has 0 aliphatic rings. The molecule has 1 aromatic rings. The minimum atomic E-state index is 0.486. The summed E-state index contributed by atoms with van der Waals surface area (Å²) in [7, 11) is 1.58. The molecule has 1 heterocycles. The van der Waals surface area contributed by atoms with Crippen LogP contribution in [0.1, 0.15) is 5.69 Å². The lowest BCUT2D eigenvalue weighted by Crippen LogP contribution is -1.94. The van der Waals surface area contributed by atoms with Gasteiger partial charge in [0.2, 0.25) is 12.4 Å². The van der Waals surface area contributed by atoms with Crippen molar-refractivity contribution in [1.29, 1.82) is 0 Å². The molecule has 62 valence electrons. The molecule has 1 rings (SSSR count). The Morgan fingerprint density at radius 3 is 3.08 bits per heavy atom. The largest absolute Gasteiger partial charge is 0.481 e. The van der Waals surface area contributed by atoms with Crippen molar-refractivity contribution in [1.82, 2.24) is 4.98 Å². The van der Waals surface area contributed by atoms with Gasteiger partial charge < -0.3 is 9.58 Å². The number of methoxy groups -OCH3 is 1. The highest BCUT2D eigenvalue weighted by atomic mass is 16.5. The van der Waals surface area contributed by atoms with Gasteiger partial charge in [-0.25, -0.2) is 11.6 Å². The van der Waals surface area contributed by atoms with Gasteiger partial charge in [0.1, 0.15) is 0 Å². The minimum Gasteiger partial charge on any atom is -0.481 e. The third kappa shape index (κ3) is 2.24. The van der Waals surface area contributed by atoms with Crippen LogP contribution in [0.5, 0.6) is 5.88 Å². The Morgan fingerprint density at radius 1 is 1.58 bits per heavy atom. The van der Waals surface area contributed by atoms with E-state index in [0.717, 1.165) is 5.69 Å². The predicted molar refractivity (Wildman–Crippen MR) is 46.0 cm³/mol. The zero-order valence-electron chi connectivity index (χ0n) is 6.95. The lowest BCUT2D eigenvalue weighted by molar-refractivity contribution is 0.396. The van der Waals surface area contributed by atoms with Gasteiger partial charge >= 0.3 is 0 Å². The van der Waals surface area contributed by atoms with Crippen LogP contribution in [0.4, 0.5) is 0 Å². The van der Waals surface area contributed by atoms with E-state index in [2.05, 4.69) is 9.83 Å². The Kier molecular flexibility index (Phi) is 3.09. The molecule has 3 nitrogen and oxygen atoms in total. The molecule has 0 saturated carbocycles. The van der Waals surface area contributed by atoms with Crippen LogP contribution in [0.25, 0.3) is 4.85 Å². The van der Waals surface area contributed by atoms with Gasteiger partial charge in [-0.1, -0.05) is 6.07 Å². The molecule has 0 amide bonds. The second kappa shape index (κ2) is 4.35. The zero-order chi connectivity index (χ0) is 8.81. The molecule has 0 aliphatic carbocycles. The van der Waals surface area contributed by atoms with Crippen molar-refractivity contribution in [2.45, 2.75) is 6.42 Å². The van der Waals surface area contributed by atoms with Crippen LogP contribution in [0, 0.1) is 6.57 Å². The Bertz CT molecular complexity index is 291. The van der Waals surface area contributed by atoms with Crippen LogP contribution in [0.15, 0.2) is 18.2 Å². The van der Waals surface area contributed by atoms with E-state index >= 15 is 0 Å². The van der Waals surface area contributed by atoms with E-state index in [0.29, 0.717) is 18.8 Å². The third-order valence-corrected chi connectivity index (χ3v) is 1.47. The molecule has 0 aromatic carbocycles. The van der Waals surface area contributed by atoms with Crippen molar-refractivity contribution in [2.24, 2.45) is 0 Å². The molecule has 0 atom stereocenters. The first-order valence-corrected chi connectivity index (χ1v) is 3.70. The molecule has 0 N–H and O–H groups in total. The maximum absolute atomic E-state index is 6.62. The van der Waals surface area contributed by atoms with Crippen LogP contribution >= 0.6 is 0 Å². The summed E-state index contributed by atoms with van der Waals surface area (Å²) in [4.78, 5) is 7.42. The van der Waals surface area contributed by atoms with Crippen molar-refractivity contribution in [3.8, 4) is 5.88 Å². The Morgan fingerprint density at radius 2 is 2.42 bits per heavy atom. The summed E-state index contributed by atoms with van der Waals surface area (Å²) in [5, 5.41) is 0. The van der Waals surface area contributed by atoms with Crippen molar-refractivity contribution in [3.63, 3.8) is 0 Å². The molecule has 0 unspecified atom stereocenters. The van der Waals surface area contributed by atoms with Gasteiger partial charge in [-0.2, -0.15) is 0 Å². The third-order valence-electron chi connectivity index (χ3n) is 1.47. The van der Waals surface area contributed by atoms with Crippen LogP contribution < -0.4 is 4.74 Å². The first kappa shape index (κ1) is 8.54. The number of pyridine rings is 1. The Hall–Kier alpha value is -1.56. The number of nitrogens with zero attached hydrogens (tertiary/aromatic N) is 2. The number of hydrogen-bond acceptors (Lipinski definition) is 2. The summed E-state index contributed by atoms with van der Waals surface area (Å²) in [5.74, 6) is 0.609. The number of hydrogen-bond donors (Lipinski definition) is 0. The maximum Gasteiger partial charge on any atom is 0.220 e. The normalized spacial score (nSPS) is 9.00. The molecular formula is C9H10N2O. The van der Waals surface area contributed by atoms with E-state index in [9.17, 15) is 0 Å². The van der Waals surface area contributed by atoms with E-state index in [1.165, 1.54) is 0 Å². The zero-order valence-corrected chi connectivity index (χ0v) is 6.95. The molecule has 3 heteroatoms. The van der Waals surface area contributed by atoms with Crippen LogP contribution in [-0.4, -0.2) is 18.6 Å². The second-order valence-electron chi connectivity index (χ2n) is 2.30. The quantitative estimate of drug-likeness (QED) is 0.630. The van der Waals surface area contributed by atoms with Crippen LogP contribution in [0.2, 0.25) is 0 Å². The smallest absolute Gasteiger partial charge is 0.220 e. The summed E-state index contributed by atoms with van der Waals surface area (Å²) in [6.07, 6.45) is 0.695. The Balaban J connectivity index is 2.67. The summed E-state index contributed by atoms with van der Waals surface area (Å²) >= 11 is 0. The topological polar surface area (TPSA) is 26.5 Å². The lowest BCUT2D eigenvalue weighted by atomic mass is 10.3. The lowest BCUT2D eigenvalue weighted by Gasteiger charge is -1.99. The van der Waals surface area contributed by atoms with E-state index < -0.39 is 0 Å². The molecule has 0 saturated heterocycles. The fourth-order valence-electron chi connectivity index (χ4n) is 0.881. The predicted octanol–water partition coefficient (Wildman–Crippen LogP) is 1.55. The highest BCUT2D eigenvalue weighted by Crippen LogP contribution is 2.06. The summed E-state index contributed by atoms with van der Waals surface area (Å²) in [6, 6.07) is 5.57. The molecule has 0 radical (unpaired) electrons. The second-order valence-corrected chi connectivity index (χ2v) is 2.30. The molecule has 0 bridgehead atoms. The maximum atomic E-state index is 6.62. The molecule has 1 aromatic heterocycles. The molecular weight excluding hydrogens is 152 g/mol. The van der Waals surface area contributed by atoms with E-state index in [4.69, 9.17) is 11.3 Å². The Labute approximate surface area is 71.8 Å². The molecule has 12 heavy (non-hydrogen) atoms. The molecule has 0 aliphatic heterocycles. The monoisotopic (exact) mass is 162 g/mol. The number of rotatable bonds is 3. The first-order valence-electron chi connectivity index (χ1n) is 3.70. The molecule has 0 spiro atoms. The van der Waals surface area contributed by atoms with Crippen molar-refractivity contribution >= 4 is 0 Å². The van der Waals surface area contributed by atoms with Crippen molar-refractivity contribution in [3.05, 3.63) is 35.3 Å². The van der Waals surface area contributed by atoms with Gasteiger partial charge in [0.15, 0.2) is 0 Å². The highest BCUT2D eigenvalue weighted by Gasteiger charge is 1.97. The number of ether oxygens (including phenoxy) is 1. The highest BCUT2D eigenvalue weighted by molar-refractivity contribution is 5.16. The van der Waals surface area contributed by atoms with Crippen molar-refractivity contribution in [2.75, 3.05) is 13.7 Å². The fourth-order valence-corrected chi connectivity index (χ4v) is 0.881. The van der Waals surface area contributed by atoms with Crippen LogP contribution in [0.3, 0.4) is 0 Å². The molecule has 0 fully saturated rings. The summed E-state index contributed by atoms with van der Waals surface area (Å²) in [5.41, 5.74) is 0.908. The van der Waals surface area contributed by atoms with Gasteiger partial charge in [-0.3, -0.25) is 0 Å². The van der Waals surface area contributed by atoms with Gasteiger partial charge in [-0.15, -0.1) is 0 Å². The average Bonchev–Trinajstić information content (AvgIpc) is 2.15. The van der Waals surface area contributed by atoms with Crippen LogP contribution in [-0.2, 0) is 6.42 Å². The standard InChI is InChI=1S/C9H10N2O/c1-10-7-6-8-4-3-5-9(11-8)12-2/h3-5H,6-7H2,2H3. The van der Waals surface area contributed by atoms with E-state index in [1.807, 2.05) is 12.1 Å². The summed E-state index contributed by atoms with van der Waals surface area (Å²) < 4.78 is 4.95.